The highest BCUT2D eigenvalue weighted by molar-refractivity contribution is 5.77. The van der Waals surface area contributed by atoms with Crippen molar-refractivity contribution in [3.05, 3.63) is 53.8 Å². The SMILES string of the molecule is CCn1cc([C@@H]2OCC[C@H]2CNCc2cc3cc(F)ccc3o2)cn1. The molecule has 1 N–H and O–H groups in total. The highest BCUT2D eigenvalue weighted by Gasteiger charge is 2.30. The first-order valence-corrected chi connectivity index (χ1v) is 8.75. The van der Waals surface area contributed by atoms with Gasteiger partial charge in [-0.2, -0.15) is 5.10 Å². The molecule has 1 saturated heterocycles. The molecular formula is C19H22FN3O2. The molecule has 132 valence electrons. The number of rotatable bonds is 6. The lowest BCUT2D eigenvalue weighted by atomic mass is 9.97. The van der Waals surface area contributed by atoms with Gasteiger partial charge in [-0.25, -0.2) is 4.39 Å². The van der Waals surface area contributed by atoms with E-state index < -0.39 is 0 Å². The minimum absolute atomic E-state index is 0.0950. The van der Waals surface area contributed by atoms with Crippen molar-refractivity contribution in [3.63, 3.8) is 0 Å². The van der Waals surface area contributed by atoms with E-state index in [4.69, 9.17) is 9.15 Å². The number of aromatic nitrogens is 2. The van der Waals surface area contributed by atoms with Gasteiger partial charge >= 0.3 is 0 Å². The molecule has 0 radical (unpaired) electrons. The summed E-state index contributed by atoms with van der Waals surface area (Å²) in [6, 6.07) is 6.47. The third-order valence-corrected chi connectivity index (χ3v) is 4.76. The topological polar surface area (TPSA) is 52.2 Å². The van der Waals surface area contributed by atoms with Crippen LogP contribution in [0.25, 0.3) is 11.0 Å². The van der Waals surface area contributed by atoms with Crippen LogP contribution in [-0.2, 0) is 17.8 Å². The van der Waals surface area contributed by atoms with Gasteiger partial charge in [0.05, 0.1) is 18.8 Å². The maximum absolute atomic E-state index is 13.3. The van der Waals surface area contributed by atoms with Crippen LogP contribution in [0.4, 0.5) is 4.39 Å². The van der Waals surface area contributed by atoms with Gasteiger partial charge < -0.3 is 14.5 Å². The first kappa shape index (κ1) is 16.3. The molecule has 1 aromatic carbocycles. The van der Waals surface area contributed by atoms with Crippen molar-refractivity contribution < 1.29 is 13.5 Å². The number of furan rings is 1. The number of hydrogen-bond donors (Lipinski definition) is 1. The summed E-state index contributed by atoms with van der Waals surface area (Å²) in [4.78, 5) is 0. The van der Waals surface area contributed by atoms with E-state index in [-0.39, 0.29) is 11.9 Å². The van der Waals surface area contributed by atoms with E-state index in [1.807, 2.05) is 16.9 Å². The zero-order valence-corrected chi connectivity index (χ0v) is 14.2. The maximum atomic E-state index is 13.3. The summed E-state index contributed by atoms with van der Waals surface area (Å²) in [7, 11) is 0. The summed E-state index contributed by atoms with van der Waals surface area (Å²) in [5.74, 6) is 0.984. The molecule has 0 spiro atoms. The van der Waals surface area contributed by atoms with Gasteiger partial charge in [0.25, 0.3) is 0 Å². The number of nitrogens with one attached hydrogen (secondary N) is 1. The molecule has 0 unspecified atom stereocenters. The lowest BCUT2D eigenvalue weighted by Gasteiger charge is -2.17. The Morgan fingerprint density at radius 3 is 3.12 bits per heavy atom. The predicted molar refractivity (Wildman–Crippen MR) is 92.6 cm³/mol. The van der Waals surface area contributed by atoms with Crippen LogP contribution in [0.5, 0.6) is 0 Å². The summed E-state index contributed by atoms with van der Waals surface area (Å²) >= 11 is 0. The minimum Gasteiger partial charge on any atom is -0.460 e. The average Bonchev–Trinajstić information content (AvgIpc) is 3.32. The molecule has 2 atom stereocenters. The molecule has 1 aliphatic heterocycles. The van der Waals surface area contributed by atoms with E-state index in [0.29, 0.717) is 18.0 Å². The molecule has 1 fully saturated rings. The van der Waals surface area contributed by atoms with E-state index >= 15 is 0 Å². The Hall–Kier alpha value is -2.18. The number of ether oxygens (including phenoxy) is 1. The lowest BCUT2D eigenvalue weighted by Crippen LogP contribution is -2.24. The minimum atomic E-state index is -0.244. The number of fused-ring (bicyclic) bond motifs is 1. The normalized spacial score (nSPS) is 20.6. The molecule has 1 aliphatic rings. The average molecular weight is 343 g/mol. The molecule has 3 heterocycles. The fourth-order valence-corrected chi connectivity index (χ4v) is 3.45. The number of halogens is 1. The van der Waals surface area contributed by atoms with Crippen LogP contribution in [0, 0.1) is 11.7 Å². The van der Waals surface area contributed by atoms with Gasteiger partial charge in [-0.1, -0.05) is 0 Å². The molecular weight excluding hydrogens is 321 g/mol. The van der Waals surface area contributed by atoms with Crippen molar-refractivity contribution in [2.24, 2.45) is 5.92 Å². The van der Waals surface area contributed by atoms with Gasteiger partial charge in [0, 0.05) is 42.8 Å². The summed E-state index contributed by atoms with van der Waals surface area (Å²) < 4.78 is 26.8. The van der Waals surface area contributed by atoms with E-state index in [1.54, 1.807) is 6.07 Å². The Morgan fingerprint density at radius 2 is 2.28 bits per heavy atom. The molecule has 0 aliphatic carbocycles. The Kier molecular flexibility index (Phi) is 4.55. The number of benzene rings is 1. The van der Waals surface area contributed by atoms with Crippen molar-refractivity contribution in [3.8, 4) is 0 Å². The third kappa shape index (κ3) is 3.45. The predicted octanol–water partition coefficient (Wildman–Crippen LogP) is 3.66. The molecule has 6 heteroatoms. The van der Waals surface area contributed by atoms with Crippen LogP contribution in [0.15, 0.2) is 41.1 Å². The van der Waals surface area contributed by atoms with Gasteiger partial charge in [0.2, 0.25) is 0 Å². The molecule has 3 aromatic rings. The molecule has 4 rings (SSSR count). The van der Waals surface area contributed by atoms with Gasteiger partial charge in [-0.3, -0.25) is 4.68 Å². The molecule has 25 heavy (non-hydrogen) atoms. The molecule has 0 saturated carbocycles. The van der Waals surface area contributed by atoms with Gasteiger partial charge in [0.15, 0.2) is 0 Å². The summed E-state index contributed by atoms with van der Waals surface area (Å²) in [6.07, 6.45) is 5.09. The van der Waals surface area contributed by atoms with Gasteiger partial charge in [0.1, 0.15) is 17.2 Å². The standard InChI is InChI=1S/C19H22FN3O2/c1-2-23-12-15(10-22-23)19-13(5-6-24-19)9-21-11-17-8-14-7-16(20)3-4-18(14)25-17/h3-4,7-8,10,12-13,19,21H,2,5-6,9,11H2,1H3/t13-,19+/m0/s1. The van der Waals surface area contributed by atoms with Crippen LogP contribution in [0.1, 0.15) is 30.8 Å². The smallest absolute Gasteiger partial charge is 0.134 e. The van der Waals surface area contributed by atoms with E-state index in [0.717, 1.165) is 42.8 Å². The number of aryl methyl sites for hydroxylation is 1. The van der Waals surface area contributed by atoms with Gasteiger partial charge in [-0.15, -0.1) is 0 Å². The Labute approximate surface area is 145 Å². The fourth-order valence-electron chi connectivity index (χ4n) is 3.45. The van der Waals surface area contributed by atoms with Crippen molar-refractivity contribution in [1.82, 2.24) is 15.1 Å². The molecule has 0 amide bonds. The zero-order valence-electron chi connectivity index (χ0n) is 14.2. The molecule has 2 aromatic heterocycles. The van der Waals surface area contributed by atoms with E-state index in [9.17, 15) is 4.39 Å². The Balaban J connectivity index is 1.36. The first-order valence-electron chi connectivity index (χ1n) is 8.75. The second kappa shape index (κ2) is 6.98. The van der Waals surface area contributed by atoms with Crippen LogP contribution >= 0.6 is 0 Å². The van der Waals surface area contributed by atoms with Crippen LogP contribution < -0.4 is 5.32 Å². The summed E-state index contributed by atoms with van der Waals surface area (Å²) in [5, 5.41) is 8.59. The van der Waals surface area contributed by atoms with Crippen LogP contribution in [0.3, 0.4) is 0 Å². The summed E-state index contributed by atoms with van der Waals surface area (Å²) in [5.41, 5.74) is 1.86. The van der Waals surface area contributed by atoms with Crippen molar-refractivity contribution in [2.75, 3.05) is 13.2 Å². The highest BCUT2D eigenvalue weighted by Crippen LogP contribution is 2.34. The highest BCUT2D eigenvalue weighted by atomic mass is 19.1. The quantitative estimate of drug-likeness (QED) is 0.742. The second-order valence-corrected chi connectivity index (χ2v) is 6.50. The largest absolute Gasteiger partial charge is 0.460 e. The summed E-state index contributed by atoms with van der Waals surface area (Å²) in [6.45, 7) is 5.17. The Morgan fingerprint density at radius 1 is 1.36 bits per heavy atom. The van der Waals surface area contributed by atoms with Crippen molar-refractivity contribution in [1.29, 1.82) is 0 Å². The zero-order chi connectivity index (χ0) is 17.2. The third-order valence-electron chi connectivity index (χ3n) is 4.76. The van der Waals surface area contributed by atoms with Crippen molar-refractivity contribution in [2.45, 2.75) is 32.5 Å². The first-order chi connectivity index (χ1) is 12.2. The molecule has 0 bridgehead atoms. The van der Waals surface area contributed by atoms with Crippen LogP contribution in [0.2, 0.25) is 0 Å². The number of nitrogens with zero attached hydrogens (tertiary/aromatic N) is 2. The van der Waals surface area contributed by atoms with Crippen molar-refractivity contribution >= 4 is 11.0 Å². The maximum Gasteiger partial charge on any atom is 0.134 e. The number of hydrogen-bond acceptors (Lipinski definition) is 4. The van der Waals surface area contributed by atoms with Crippen LogP contribution in [-0.4, -0.2) is 22.9 Å². The monoisotopic (exact) mass is 343 g/mol. The van der Waals surface area contributed by atoms with E-state index in [1.165, 1.54) is 12.1 Å². The second-order valence-electron chi connectivity index (χ2n) is 6.50. The lowest BCUT2D eigenvalue weighted by molar-refractivity contribution is 0.0902. The fraction of sp³-hybridized carbons (Fsp3) is 0.421. The molecule has 5 nitrogen and oxygen atoms in total. The Bertz CT molecular complexity index is 857. The van der Waals surface area contributed by atoms with E-state index in [2.05, 4.69) is 23.5 Å². The van der Waals surface area contributed by atoms with Gasteiger partial charge in [-0.05, 0) is 37.6 Å².